The molecule has 1 unspecified atom stereocenters. The van der Waals surface area contributed by atoms with Gasteiger partial charge in [0, 0.05) is 18.2 Å². The number of rotatable bonds is 8. The zero-order chi connectivity index (χ0) is 18.3. The van der Waals surface area contributed by atoms with Gasteiger partial charge in [-0.3, -0.25) is 4.79 Å². The number of carbonyl (C=O) groups is 1. The van der Waals surface area contributed by atoms with Crippen molar-refractivity contribution in [3.05, 3.63) is 65.7 Å². The number of benzene rings is 2. The number of para-hydroxylation sites is 1. The fraction of sp³-hybridized carbons (Fsp3) is 0.278. The van der Waals surface area contributed by atoms with E-state index in [2.05, 4.69) is 5.32 Å². The first-order valence-electron chi connectivity index (χ1n) is 7.99. The number of quaternary nitrogens is 1. The average molecular weight is 363 g/mol. The summed E-state index contributed by atoms with van der Waals surface area (Å²) in [6, 6.07) is 15.8. The van der Waals surface area contributed by atoms with Crippen LogP contribution in [0.4, 0.5) is 0 Å². The summed E-state index contributed by atoms with van der Waals surface area (Å²) in [5.74, 6) is 0.130. The molecule has 0 aliphatic heterocycles. The maximum absolute atomic E-state index is 12.0. The molecule has 1 amide bonds. The molecule has 7 heteroatoms. The fourth-order valence-electron chi connectivity index (χ4n) is 2.32. The molecule has 2 aromatic rings. The molecule has 6 nitrogen and oxygen atoms in total. The van der Waals surface area contributed by atoms with Crippen LogP contribution in [0.15, 0.2) is 54.6 Å². The van der Waals surface area contributed by atoms with E-state index in [0.717, 1.165) is 10.5 Å². The van der Waals surface area contributed by atoms with Gasteiger partial charge in [0.05, 0.1) is 13.6 Å². The molecule has 0 spiro atoms. The van der Waals surface area contributed by atoms with Crippen molar-refractivity contribution in [3.63, 3.8) is 0 Å². The highest BCUT2D eigenvalue weighted by Crippen LogP contribution is 2.11. The minimum atomic E-state index is -3.62. The van der Waals surface area contributed by atoms with E-state index >= 15 is 0 Å². The lowest BCUT2D eigenvalue weighted by molar-refractivity contribution is -0.891. The molecule has 0 radical (unpaired) electrons. The van der Waals surface area contributed by atoms with E-state index in [1.165, 1.54) is 0 Å². The Hall–Kier alpha value is -2.38. The molecular formula is C18H23N2O4S+. The molecule has 0 saturated heterocycles. The fourth-order valence-corrected chi connectivity index (χ4v) is 3.40. The van der Waals surface area contributed by atoms with Gasteiger partial charge in [0.15, 0.2) is 0 Å². The number of hydrogen-bond acceptors (Lipinski definition) is 4. The number of hydrogen-bond donors (Lipinski definition) is 2. The van der Waals surface area contributed by atoms with Gasteiger partial charge < -0.3 is 14.4 Å². The van der Waals surface area contributed by atoms with Gasteiger partial charge in [-0.1, -0.05) is 30.3 Å². The maximum Gasteiger partial charge on any atom is 0.314 e. The Morgan fingerprint density at radius 3 is 2.32 bits per heavy atom. The molecule has 0 aliphatic carbocycles. The summed E-state index contributed by atoms with van der Waals surface area (Å²) in [5.41, 5.74) is 1.63. The Bertz CT molecular complexity index is 790. The van der Waals surface area contributed by atoms with Crippen LogP contribution in [0.25, 0.3) is 0 Å². The predicted molar refractivity (Wildman–Crippen MR) is 96.1 cm³/mol. The molecule has 0 aliphatic rings. The third-order valence-electron chi connectivity index (χ3n) is 3.69. The average Bonchev–Trinajstić information content (AvgIpc) is 2.60. The Morgan fingerprint density at radius 2 is 1.72 bits per heavy atom. The van der Waals surface area contributed by atoms with E-state index in [-0.39, 0.29) is 11.7 Å². The van der Waals surface area contributed by atoms with Crippen molar-refractivity contribution >= 4 is 16.0 Å². The minimum absolute atomic E-state index is 0.0654. The second kappa shape index (κ2) is 8.64. The van der Waals surface area contributed by atoms with Crippen LogP contribution in [0.5, 0.6) is 5.75 Å². The summed E-state index contributed by atoms with van der Waals surface area (Å²) in [6.07, 6.45) is 0. The van der Waals surface area contributed by atoms with Gasteiger partial charge in [-0.2, -0.15) is 8.42 Å². The molecule has 2 N–H and O–H groups in total. The zero-order valence-electron chi connectivity index (χ0n) is 14.4. The van der Waals surface area contributed by atoms with Crippen LogP contribution in [0.1, 0.15) is 15.9 Å². The molecule has 0 heterocycles. The Balaban J connectivity index is 1.85. The van der Waals surface area contributed by atoms with Gasteiger partial charge >= 0.3 is 10.1 Å². The van der Waals surface area contributed by atoms with Gasteiger partial charge in [-0.05, 0) is 24.3 Å². The first-order valence-corrected chi connectivity index (χ1v) is 9.57. The lowest BCUT2D eigenvalue weighted by Crippen LogP contribution is -3.08. The third-order valence-corrected chi connectivity index (χ3v) is 4.84. The van der Waals surface area contributed by atoms with Crippen LogP contribution in [0.3, 0.4) is 0 Å². The van der Waals surface area contributed by atoms with Gasteiger partial charge in [-0.15, -0.1) is 0 Å². The van der Waals surface area contributed by atoms with E-state index < -0.39 is 10.1 Å². The topological polar surface area (TPSA) is 76.9 Å². The van der Waals surface area contributed by atoms with E-state index in [0.29, 0.717) is 24.4 Å². The Labute approximate surface area is 148 Å². The normalized spacial score (nSPS) is 12.4. The summed E-state index contributed by atoms with van der Waals surface area (Å²) in [4.78, 5) is 12.5. The summed E-state index contributed by atoms with van der Waals surface area (Å²) >= 11 is 0. The molecule has 2 aromatic carbocycles. The monoisotopic (exact) mass is 363 g/mol. The molecule has 1 atom stereocenters. The van der Waals surface area contributed by atoms with E-state index in [1.54, 1.807) is 49.5 Å². The third kappa shape index (κ3) is 6.21. The highest BCUT2D eigenvalue weighted by Gasteiger charge is 2.16. The summed E-state index contributed by atoms with van der Waals surface area (Å²) in [6.45, 7) is 1.08. The Morgan fingerprint density at radius 1 is 1.08 bits per heavy atom. The molecule has 0 fully saturated rings. The van der Waals surface area contributed by atoms with Crippen molar-refractivity contribution in [3.8, 4) is 5.75 Å². The largest absolute Gasteiger partial charge is 0.382 e. The molecular weight excluding hydrogens is 340 g/mol. The van der Waals surface area contributed by atoms with Crippen molar-refractivity contribution in [1.82, 2.24) is 5.32 Å². The van der Waals surface area contributed by atoms with Gasteiger partial charge in [-0.25, -0.2) is 0 Å². The van der Waals surface area contributed by atoms with E-state index in [4.69, 9.17) is 4.18 Å². The SMILES string of the molecule is CNC(=O)c1ccc(C[NH+](C)CCS(=O)(=O)Oc2ccccc2)cc1. The Kier molecular flexibility index (Phi) is 6.55. The van der Waals surface area contributed by atoms with Crippen LogP contribution in [-0.4, -0.2) is 40.7 Å². The maximum atomic E-state index is 12.0. The number of carbonyl (C=O) groups excluding carboxylic acids is 1. The van der Waals surface area contributed by atoms with Gasteiger partial charge in [0.25, 0.3) is 5.91 Å². The summed E-state index contributed by atoms with van der Waals surface area (Å²) in [7, 11) is -0.106. The summed E-state index contributed by atoms with van der Waals surface area (Å²) < 4.78 is 29.1. The van der Waals surface area contributed by atoms with E-state index in [9.17, 15) is 13.2 Å². The highest BCUT2D eigenvalue weighted by molar-refractivity contribution is 7.87. The van der Waals surface area contributed by atoms with Crippen molar-refractivity contribution in [1.29, 1.82) is 0 Å². The van der Waals surface area contributed by atoms with Gasteiger partial charge in [0.1, 0.15) is 18.0 Å². The summed E-state index contributed by atoms with van der Waals surface area (Å²) in [5, 5.41) is 2.57. The number of amides is 1. The van der Waals surface area contributed by atoms with Crippen LogP contribution in [0, 0.1) is 0 Å². The second-order valence-electron chi connectivity index (χ2n) is 5.82. The van der Waals surface area contributed by atoms with Crippen molar-refractivity contribution in [2.45, 2.75) is 6.54 Å². The van der Waals surface area contributed by atoms with Gasteiger partial charge in [0.2, 0.25) is 0 Å². The van der Waals surface area contributed by atoms with Crippen LogP contribution in [-0.2, 0) is 16.7 Å². The first-order chi connectivity index (χ1) is 11.9. The molecule has 134 valence electrons. The highest BCUT2D eigenvalue weighted by atomic mass is 32.2. The lowest BCUT2D eigenvalue weighted by atomic mass is 10.1. The van der Waals surface area contributed by atoms with Crippen LogP contribution in [0.2, 0.25) is 0 Å². The number of nitrogens with one attached hydrogen (secondary N) is 2. The smallest absolute Gasteiger partial charge is 0.314 e. The molecule has 0 saturated carbocycles. The molecule has 25 heavy (non-hydrogen) atoms. The van der Waals surface area contributed by atoms with E-state index in [1.807, 2.05) is 19.2 Å². The molecule has 2 rings (SSSR count). The first kappa shape index (κ1) is 19.0. The molecule has 0 bridgehead atoms. The van der Waals surface area contributed by atoms with Crippen LogP contribution >= 0.6 is 0 Å². The zero-order valence-corrected chi connectivity index (χ0v) is 15.2. The second-order valence-corrected chi connectivity index (χ2v) is 7.51. The minimum Gasteiger partial charge on any atom is -0.382 e. The van der Waals surface area contributed by atoms with Crippen molar-refractivity contribution < 1.29 is 22.3 Å². The quantitative estimate of drug-likeness (QED) is 0.669. The van der Waals surface area contributed by atoms with Crippen molar-refractivity contribution in [2.24, 2.45) is 0 Å². The lowest BCUT2D eigenvalue weighted by Gasteiger charge is -2.14. The van der Waals surface area contributed by atoms with Crippen LogP contribution < -0.4 is 14.4 Å². The standard InChI is InChI=1S/C18H22N2O4S/c1-19-18(21)16-10-8-15(9-11-16)14-20(2)12-13-25(22,23)24-17-6-4-3-5-7-17/h3-11H,12-14H2,1-2H3,(H,19,21)/p+1. The predicted octanol–water partition coefficient (Wildman–Crippen LogP) is 0.470. The molecule has 0 aromatic heterocycles. The van der Waals surface area contributed by atoms with Crippen molar-refractivity contribution in [2.75, 3.05) is 26.4 Å².